The van der Waals surface area contributed by atoms with Crippen LogP contribution in [-0.4, -0.2) is 18.0 Å². The van der Waals surface area contributed by atoms with Gasteiger partial charge in [-0.05, 0) is 49.1 Å². The molecule has 0 aromatic heterocycles. The summed E-state index contributed by atoms with van der Waals surface area (Å²) in [7, 11) is 0. The first-order valence-corrected chi connectivity index (χ1v) is 9.24. The summed E-state index contributed by atoms with van der Waals surface area (Å²) in [5.74, 6) is -0.859. The molecule has 4 nitrogen and oxygen atoms in total. The first kappa shape index (κ1) is 19.4. The summed E-state index contributed by atoms with van der Waals surface area (Å²) >= 11 is 0. The van der Waals surface area contributed by atoms with Gasteiger partial charge in [0.2, 0.25) is 0 Å². The predicted octanol–water partition coefficient (Wildman–Crippen LogP) is 4.77. The number of rotatable bonds is 6. The van der Waals surface area contributed by atoms with Crippen molar-refractivity contribution in [3.63, 3.8) is 0 Å². The maximum absolute atomic E-state index is 12.7. The first-order valence-electron chi connectivity index (χ1n) is 9.24. The molecular weight excluding hydrogens is 350 g/mol. The molecule has 1 amide bonds. The summed E-state index contributed by atoms with van der Waals surface area (Å²) in [5.41, 5.74) is 4.10. The number of nitrogens with one attached hydrogen (secondary N) is 1. The second-order valence-electron chi connectivity index (χ2n) is 6.67. The van der Waals surface area contributed by atoms with E-state index in [1.165, 1.54) is 0 Å². The highest BCUT2D eigenvalue weighted by Gasteiger charge is 2.21. The zero-order valence-electron chi connectivity index (χ0n) is 16.0. The third-order valence-electron chi connectivity index (χ3n) is 4.53. The Morgan fingerprint density at radius 2 is 1.54 bits per heavy atom. The van der Waals surface area contributed by atoms with Crippen LogP contribution in [0.1, 0.15) is 34.0 Å². The number of carbonyl (C=O) groups excluding carboxylic acids is 2. The molecule has 0 bridgehead atoms. The van der Waals surface area contributed by atoms with Crippen LogP contribution >= 0.6 is 0 Å². The van der Waals surface area contributed by atoms with Crippen LogP contribution in [0.5, 0.6) is 0 Å². The van der Waals surface area contributed by atoms with Crippen LogP contribution in [0.15, 0.2) is 78.9 Å². The molecule has 0 fully saturated rings. The fraction of sp³-hybridized carbons (Fsp3) is 0.167. The van der Waals surface area contributed by atoms with Crippen molar-refractivity contribution in [3.8, 4) is 0 Å². The Morgan fingerprint density at radius 1 is 0.893 bits per heavy atom. The van der Waals surface area contributed by atoms with E-state index in [2.05, 4.69) is 5.32 Å². The summed E-state index contributed by atoms with van der Waals surface area (Å²) < 4.78 is 5.44. The standard InChI is InChI=1S/C24H23NO3/c1-17-10-6-9-15-22(17)25-23(26)18(2)28-24(27)21-14-8-7-13-20(21)16-19-11-4-3-5-12-19/h3-15,18H,16H2,1-2H3,(H,25,26)/t18-/m0/s1. The Labute approximate surface area is 165 Å². The van der Waals surface area contributed by atoms with Crippen molar-refractivity contribution in [1.29, 1.82) is 0 Å². The fourth-order valence-electron chi connectivity index (χ4n) is 2.91. The molecule has 0 saturated heterocycles. The summed E-state index contributed by atoms with van der Waals surface area (Å²) in [6.45, 7) is 3.48. The number of carbonyl (C=O) groups is 2. The lowest BCUT2D eigenvalue weighted by molar-refractivity contribution is -0.123. The van der Waals surface area contributed by atoms with E-state index >= 15 is 0 Å². The van der Waals surface area contributed by atoms with Crippen LogP contribution in [-0.2, 0) is 16.0 Å². The quantitative estimate of drug-likeness (QED) is 0.633. The van der Waals surface area contributed by atoms with E-state index in [0.29, 0.717) is 17.7 Å². The number of anilines is 1. The number of hydrogen-bond donors (Lipinski definition) is 1. The molecule has 1 atom stereocenters. The third-order valence-corrected chi connectivity index (χ3v) is 4.53. The summed E-state index contributed by atoms with van der Waals surface area (Å²) in [6, 6.07) is 24.7. The largest absolute Gasteiger partial charge is 0.449 e. The van der Waals surface area contributed by atoms with E-state index in [9.17, 15) is 9.59 Å². The Hall–Kier alpha value is -3.40. The monoisotopic (exact) mass is 373 g/mol. The summed E-state index contributed by atoms with van der Waals surface area (Å²) in [4.78, 5) is 25.1. The molecule has 0 aliphatic rings. The van der Waals surface area contributed by atoms with Crippen molar-refractivity contribution in [1.82, 2.24) is 0 Å². The highest BCUT2D eigenvalue weighted by atomic mass is 16.5. The van der Waals surface area contributed by atoms with Crippen molar-refractivity contribution < 1.29 is 14.3 Å². The van der Waals surface area contributed by atoms with Gasteiger partial charge in [-0.15, -0.1) is 0 Å². The molecule has 142 valence electrons. The van der Waals surface area contributed by atoms with Crippen molar-refractivity contribution in [2.24, 2.45) is 0 Å². The van der Waals surface area contributed by atoms with Gasteiger partial charge < -0.3 is 10.1 Å². The zero-order chi connectivity index (χ0) is 19.9. The topological polar surface area (TPSA) is 55.4 Å². The molecule has 0 saturated carbocycles. The van der Waals surface area contributed by atoms with Crippen molar-refractivity contribution in [2.45, 2.75) is 26.4 Å². The van der Waals surface area contributed by atoms with Crippen LogP contribution in [0.4, 0.5) is 5.69 Å². The molecule has 28 heavy (non-hydrogen) atoms. The minimum Gasteiger partial charge on any atom is -0.449 e. The first-order chi connectivity index (χ1) is 13.5. The predicted molar refractivity (Wildman–Crippen MR) is 110 cm³/mol. The lowest BCUT2D eigenvalue weighted by atomic mass is 10.00. The number of benzene rings is 3. The van der Waals surface area contributed by atoms with Gasteiger partial charge >= 0.3 is 5.97 Å². The third kappa shape index (κ3) is 4.86. The summed E-state index contributed by atoms with van der Waals surface area (Å²) in [5, 5.41) is 2.81. The van der Waals surface area contributed by atoms with Gasteiger partial charge in [-0.3, -0.25) is 4.79 Å². The van der Waals surface area contributed by atoms with Gasteiger partial charge in [0.15, 0.2) is 6.10 Å². The zero-order valence-corrected chi connectivity index (χ0v) is 16.0. The van der Waals surface area contributed by atoms with Crippen LogP contribution in [0, 0.1) is 6.92 Å². The van der Waals surface area contributed by atoms with E-state index in [4.69, 9.17) is 4.74 Å². The molecule has 0 spiro atoms. The average Bonchev–Trinajstić information content (AvgIpc) is 2.70. The van der Waals surface area contributed by atoms with Gasteiger partial charge in [0.1, 0.15) is 0 Å². The molecule has 0 heterocycles. The highest BCUT2D eigenvalue weighted by Crippen LogP contribution is 2.17. The van der Waals surface area contributed by atoms with E-state index in [1.807, 2.05) is 73.7 Å². The van der Waals surface area contributed by atoms with Gasteiger partial charge in [0.25, 0.3) is 5.91 Å². The SMILES string of the molecule is Cc1ccccc1NC(=O)[C@H](C)OC(=O)c1ccccc1Cc1ccccc1. The van der Waals surface area contributed by atoms with Gasteiger partial charge in [-0.1, -0.05) is 66.7 Å². The van der Waals surface area contributed by atoms with Crippen LogP contribution in [0.25, 0.3) is 0 Å². The average molecular weight is 373 g/mol. The number of amides is 1. The molecule has 1 N–H and O–H groups in total. The lowest BCUT2D eigenvalue weighted by Crippen LogP contribution is -2.30. The molecule has 3 aromatic carbocycles. The molecule has 0 aliphatic heterocycles. The Balaban J connectivity index is 1.69. The number of esters is 1. The Morgan fingerprint density at radius 3 is 2.29 bits per heavy atom. The fourth-order valence-corrected chi connectivity index (χ4v) is 2.91. The maximum Gasteiger partial charge on any atom is 0.339 e. The Bertz CT molecular complexity index is 966. The van der Waals surface area contributed by atoms with Gasteiger partial charge in [-0.25, -0.2) is 4.79 Å². The van der Waals surface area contributed by atoms with Crippen molar-refractivity contribution in [3.05, 3.63) is 101 Å². The molecule has 3 rings (SSSR count). The number of ether oxygens (including phenoxy) is 1. The van der Waals surface area contributed by atoms with Crippen LogP contribution in [0.2, 0.25) is 0 Å². The molecule has 4 heteroatoms. The lowest BCUT2D eigenvalue weighted by Gasteiger charge is -2.16. The van der Waals surface area contributed by atoms with Gasteiger partial charge in [0.05, 0.1) is 5.56 Å². The minimum absolute atomic E-state index is 0.358. The normalized spacial score (nSPS) is 11.5. The van der Waals surface area contributed by atoms with E-state index in [-0.39, 0.29) is 5.91 Å². The second kappa shape index (κ2) is 9.00. The second-order valence-corrected chi connectivity index (χ2v) is 6.67. The van der Waals surface area contributed by atoms with E-state index < -0.39 is 12.1 Å². The molecule has 0 radical (unpaired) electrons. The van der Waals surface area contributed by atoms with E-state index in [1.54, 1.807) is 19.1 Å². The van der Waals surface area contributed by atoms with Gasteiger partial charge in [-0.2, -0.15) is 0 Å². The maximum atomic E-state index is 12.7. The number of aryl methyl sites for hydroxylation is 1. The number of para-hydroxylation sites is 1. The van der Waals surface area contributed by atoms with Crippen LogP contribution in [0.3, 0.4) is 0 Å². The smallest absolute Gasteiger partial charge is 0.339 e. The highest BCUT2D eigenvalue weighted by molar-refractivity contribution is 5.98. The minimum atomic E-state index is -0.906. The van der Waals surface area contributed by atoms with E-state index in [0.717, 1.165) is 16.7 Å². The Kier molecular flexibility index (Phi) is 6.22. The summed E-state index contributed by atoms with van der Waals surface area (Å²) in [6.07, 6.45) is -0.285. The molecule has 0 unspecified atom stereocenters. The van der Waals surface area contributed by atoms with Crippen molar-refractivity contribution >= 4 is 17.6 Å². The molecule has 3 aromatic rings. The number of hydrogen-bond acceptors (Lipinski definition) is 3. The van der Waals surface area contributed by atoms with Crippen molar-refractivity contribution in [2.75, 3.05) is 5.32 Å². The molecular formula is C24H23NO3. The molecule has 0 aliphatic carbocycles. The van der Waals surface area contributed by atoms with Crippen LogP contribution < -0.4 is 5.32 Å². The van der Waals surface area contributed by atoms with Gasteiger partial charge in [0, 0.05) is 5.69 Å².